The van der Waals surface area contributed by atoms with Gasteiger partial charge in [-0.25, -0.2) is 29.5 Å². The van der Waals surface area contributed by atoms with Gasteiger partial charge in [0, 0.05) is 13.1 Å². The number of anilines is 2. The summed E-state index contributed by atoms with van der Waals surface area (Å²) in [6.07, 6.45) is 1.53. The fourth-order valence-electron chi connectivity index (χ4n) is 4.36. The minimum absolute atomic E-state index is 0.152. The number of aryl methyl sites for hydroxylation is 4. The van der Waals surface area contributed by atoms with Crippen LogP contribution >= 0.6 is 0 Å². The minimum atomic E-state index is -1.01. The van der Waals surface area contributed by atoms with Crippen molar-refractivity contribution >= 4 is 23.8 Å². The molecule has 0 saturated heterocycles. The number of hydrogen-bond acceptors (Lipinski definition) is 11. The molecule has 0 aliphatic rings. The van der Waals surface area contributed by atoms with Crippen LogP contribution < -0.4 is 10.6 Å². The number of benzene rings is 2. The number of phenols is 2. The van der Waals surface area contributed by atoms with Gasteiger partial charge in [0.1, 0.15) is 22.6 Å². The number of aromatic carboxylic acids is 1. The van der Waals surface area contributed by atoms with Crippen molar-refractivity contribution < 1.29 is 29.6 Å². The van der Waals surface area contributed by atoms with Crippen LogP contribution in [0.15, 0.2) is 48.5 Å². The fraction of sp³-hybridized carbons (Fsp3) is 0.312. The summed E-state index contributed by atoms with van der Waals surface area (Å²) in [6, 6.07) is 14.0. The smallest absolute Gasteiger partial charge is 0.341 e. The van der Waals surface area contributed by atoms with Gasteiger partial charge in [0.25, 0.3) is 0 Å². The summed E-state index contributed by atoms with van der Waals surface area (Å²) >= 11 is 0. The van der Waals surface area contributed by atoms with Crippen molar-refractivity contribution in [2.45, 2.75) is 47.5 Å². The van der Waals surface area contributed by atoms with Gasteiger partial charge in [0.05, 0.1) is 29.4 Å². The Balaban J connectivity index is 0.000000241. The molecule has 0 fully saturated rings. The predicted octanol–water partition coefficient (Wildman–Crippen LogP) is 4.78. The molecule has 5 N–H and O–H groups in total. The summed E-state index contributed by atoms with van der Waals surface area (Å²) in [4.78, 5) is 39.9. The number of carboxylic acid groups (broad SMARTS) is 1. The highest BCUT2D eigenvalue weighted by Gasteiger charge is 2.17. The Kier molecular flexibility index (Phi) is 12.0. The van der Waals surface area contributed by atoms with E-state index in [-0.39, 0.29) is 17.1 Å². The number of aromatic nitrogens is 4. The van der Waals surface area contributed by atoms with Gasteiger partial charge in [-0.05, 0) is 82.9 Å². The molecule has 0 radical (unpaired) electrons. The van der Waals surface area contributed by atoms with Crippen LogP contribution in [0.25, 0.3) is 0 Å². The first kappa shape index (κ1) is 33.2. The van der Waals surface area contributed by atoms with Gasteiger partial charge in [-0.1, -0.05) is 24.3 Å². The summed E-state index contributed by atoms with van der Waals surface area (Å²) < 4.78 is 5.02. The molecule has 0 amide bonds. The van der Waals surface area contributed by atoms with Gasteiger partial charge in [-0.2, -0.15) is 0 Å². The minimum Gasteiger partial charge on any atom is -0.508 e. The molecule has 12 heteroatoms. The lowest BCUT2D eigenvalue weighted by Crippen LogP contribution is -2.15. The lowest BCUT2D eigenvalue weighted by Gasteiger charge is -2.11. The zero-order valence-electron chi connectivity index (χ0n) is 25.5. The summed E-state index contributed by atoms with van der Waals surface area (Å²) in [7, 11) is 0. The number of carbonyl (C=O) groups is 2. The molecule has 2 aromatic carbocycles. The van der Waals surface area contributed by atoms with Crippen LogP contribution in [0.1, 0.15) is 61.5 Å². The highest BCUT2D eigenvalue weighted by molar-refractivity contribution is 5.92. The number of ether oxygens (including phenoxy) is 1. The second-order valence-electron chi connectivity index (χ2n) is 9.90. The van der Waals surface area contributed by atoms with Crippen molar-refractivity contribution in [3.8, 4) is 11.5 Å². The molecule has 0 aliphatic heterocycles. The Bertz CT molecular complexity index is 1530. The van der Waals surface area contributed by atoms with Crippen molar-refractivity contribution in [2.75, 3.05) is 30.3 Å². The normalized spacial score (nSPS) is 10.4. The standard InChI is InChI=1S/C17H21N3O3.C15H17N3O3/c1-4-23-16(22)15-11(2)19-17(20-12(15)3)18-10-9-13-5-7-14(21)8-6-13;1-9-13(14(20)21)10(2)18-15(17-9)16-8-7-11-3-5-12(19)6-4-11/h5-8,21H,4,9-10H2,1-3H3,(H,18,19,20);3-6,19H,7-8H2,1-2H3,(H,20,21)(H,16,17,18). The Morgan fingerprint density at radius 1 is 0.659 bits per heavy atom. The molecule has 4 rings (SSSR count). The third-order valence-electron chi connectivity index (χ3n) is 6.50. The Morgan fingerprint density at radius 3 is 1.36 bits per heavy atom. The lowest BCUT2D eigenvalue weighted by atomic mass is 10.1. The van der Waals surface area contributed by atoms with Crippen LogP contribution in [0, 0.1) is 27.7 Å². The first-order valence-corrected chi connectivity index (χ1v) is 14.1. The number of carboxylic acids is 1. The third-order valence-corrected chi connectivity index (χ3v) is 6.50. The predicted molar refractivity (Wildman–Crippen MR) is 167 cm³/mol. The molecule has 0 aliphatic carbocycles. The van der Waals surface area contributed by atoms with E-state index in [4.69, 9.17) is 9.84 Å². The molecular formula is C32H38N6O6. The van der Waals surface area contributed by atoms with Gasteiger partial charge < -0.3 is 30.7 Å². The highest BCUT2D eigenvalue weighted by Crippen LogP contribution is 2.16. The molecule has 2 heterocycles. The van der Waals surface area contributed by atoms with Gasteiger partial charge in [-0.15, -0.1) is 0 Å². The van der Waals surface area contributed by atoms with Crippen LogP contribution in [0.5, 0.6) is 11.5 Å². The van der Waals surface area contributed by atoms with E-state index in [2.05, 4.69) is 30.6 Å². The van der Waals surface area contributed by atoms with Crippen LogP contribution in [0.3, 0.4) is 0 Å². The molecule has 44 heavy (non-hydrogen) atoms. The van der Waals surface area contributed by atoms with Crippen molar-refractivity contribution in [1.82, 2.24) is 19.9 Å². The van der Waals surface area contributed by atoms with E-state index in [1.165, 1.54) is 0 Å². The maximum absolute atomic E-state index is 11.9. The van der Waals surface area contributed by atoms with E-state index < -0.39 is 11.9 Å². The number of hydrogen-bond donors (Lipinski definition) is 5. The van der Waals surface area contributed by atoms with E-state index in [1.807, 2.05) is 24.3 Å². The topological polar surface area (TPSA) is 180 Å². The molecule has 0 atom stereocenters. The van der Waals surface area contributed by atoms with E-state index in [0.29, 0.717) is 59.9 Å². The summed E-state index contributed by atoms with van der Waals surface area (Å²) in [5.74, 6) is 0.00999. The molecular weight excluding hydrogens is 564 g/mol. The average Bonchev–Trinajstić information content (AvgIpc) is 2.95. The monoisotopic (exact) mass is 602 g/mol. The van der Waals surface area contributed by atoms with Crippen LogP contribution in [0.4, 0.5) is 11.9 Å². The quantitative estimate of drug-likeness (QED) is 0.149. The molecule has 4 aromatic rings. The Hall–Kier alpha value is -5.26. The zero-order valence-corrected chi connectivity index (χ0v) is 25.5. The van der Waals surface area contributed by atoms with Gasteiger partial charge in [0.2, 0.25) is 11.9 Å². The number of esters is 1. The Morgan fingerprint density at radius 2 is 1.02 bits per heavy atom. The first-order valence-electron chi connectivity index (χ1n) is 14.1. The van der Waals surface area contributed by atoms with Crippen LogP contribution in [0.2, 0.25) is 0 Å². The first-order chi connectivity index (χ1) is 21.0. The zero-order chi connectivity index (χ0) is 32.2. The molecule has 232 valence electrons. The number of nitrogens with one attached hydrogen (secondary N) is 2. The van der Waals surface area contributed by atoms with Crippen LogP contribution in [-0.4, -0.2) is 66.9 Å². The van der Waals surface area contributed by atoms with Crippen molar-refractivity contribution in [1.29, 1.82) is 0 Å². The molecule has 0 unspecified atom stereocenters. The largest absolute Gasteiger partial charge is 0.508 e. The number of aromatic hydroxyl groups is 2. The van der Waals surface area contributed by atoms with E-state index in [0.717, 1.165) is 24.0 Å². The van der Waals surface area contributed by atoms with Crippen molar-refractivity contribution in [3.05, 3.63) is 93.6 Å². The van der Waals surface area contributed by atoms with Crippen LogP contribution in [-0.2, 0) is 17.6 Å². The van der Waals surface area contributed by atoms with Crippen molar-refractivity contribution in [3.63, 3.8) is 0 Å². The van der Waals surface area contributed by atoms with E-state index in [1.54, 1.807) is 58.9 Å². The van der Waals surface area contributed by atoms with Crippen molar-refractivity contribution in [2.24, 2.45) is 0 Å². The van der Waals surface area contributed by atoms with E-state index >= 15 is 0 Å². The lowest BCUT2D eigenvalue weighted by molar-refractivity contribution is 0.0523. The van der Waals surface area contributed by atoms with Gasteiger partial charge >= 0.3 is 11.9 Å². The summed E-state index contributed by atoms with van der Waals surface area (Å²) in [6.45, 7) is 10.2. The SMILES string of the molecule is CCOC(=O)c1c(C)nc(NCCc2ccc(O)cc2)nc1C.Cc1nc(NCCc2ccc(O)cc2)nc(C)c1C(=O)O. The molecule has 0 saturated carbocycles. The summed E-state index contributed by atoms with van der Waals surface area (Å²) in [5, 5.41) is 33.8. The number of nitrogens with zero attached hydrogens (tertiary/aromatic N) is 4. The maximum Gasteiger partial charge on any atom is 0.341 e. The van der Waals surface area contributed by atoms with Gasteiger partial charge in [-0.3, -0.25) is 0 Å². The van der Waals surface area contributed by atoms with E-state index in [9.17, 15) is 19.8 Å². The number of phenolic OH excluding ortho intramolecular Hbond substituents is 2. The Labute approximate surface area is 256 Å². The molecule has 2 aromatic heterocycles. The second-order valence-corrected chi connectivity index (χ2v) is 9.90. The molecule has 12 nitrogen and oxygen atoms in total. The molecule has 0 bridgehead atoms. The number of carbonyl (C=O) groups excluding carboxylic acids is 1. The molecule has 0 spiro atoms. The number of rotatable bonds is 11. The summed E-state index contributed by atoms with van der Waals surface area (Å²) in [5.41, 5.74) is 4.85. The average molecular weight is 603 g/mol. The van der Waals surface area contributed by atoms with Gasteiger partial charge in [0.15, 0.2) is 0 Å². The maximum atomic E-state index is 11.9. The second kappa shape index (κ2) is 15.8. The fourth-order valence-corrected chi connectivity index (χ4v) is 4.36. The third kappa shape index (κ3) is 9.65. The highest BCUT2D eigenvalue weighted by atomic mass is 16.5.